The minimum atomic E-state index is -5.83. The Morgan fingerprint density at radius 1 is 1.16 bits per heavy atom. The van der Waals surface area contributed by atoms with E-state index in [4.69, 9.17) is 4.74 Å². The first-order chi connectivity index (χ1) is 14.7. The van der Waals surface area contributed by atoms with Crippen molar-refractivity contribution in [1.82, 2.24) is 9.88 Å². The van der Waals surface area contributed by atoms with Gasteiger partial charge in [0, 0.05) is 30.2 Å². The highest BCUT2D eigenvalue weighted by atomic mass is 32.2. The minimum Gasteiger partial charge on any atom is -0.444 e. The third kappa shape index (κ3) is 5.32. The van der Waals surface area contributed by atoms with Gasteiger partial charge in [0.05, 0.1) is 5.52 Å². The Kier molecular flexibility index (Phi) is 6.16. The number of fused-ring (bicyclic) bond motifs is 1. The van der Waals surface area contributed by atoms with E-state index >= 15 is 0 Å². The SMILES string of the molecule is Cc1cc(OS(=O)(=O)C(F)(F)F)c2cc(C3=CCN(C(=O)OC(C)(C)C)CC3)ccc2n1. The van der Waals surface area contributed by atoms with E-state index in [1.165, 1.54) is 13.0 Å². The maximum Gasteiger partial charge on any atom is 0.534 e. The largest absolute Gasteiger partial charge is 0.534 e. The van der Waals surface area contributed by atoms with Gasteiger partial charge in [0.15, 0.2) is 5.75 Å². The lowest BCUT2D eigenvalue weighted by Gasteiger charge is -2.29. The van der Waals surface area contributed by atoms with Crippen LogP contribution in [0, 0.1) is 6.92 Å². The number of hydrogen-bond donors (Lipinski definition) is 0. The summed E-state index contributed by atoms with van der Waals surface area (Å²) < 4.78 is 71.3. The van der Waals surface area contributed by atoms with Crippen molar-refractivity contribution in [2.45, 2.75) is 45.2 Å². The van der Waals surface area contributed by atoms with Crippen LogP contribution in [0.25, 0.3) is 16.5 Å². The lowest BCUT2D eigenvalue weighted by molar-refractivity contribution is -0.0499. The fraction of sp³-hybridized carbons (Fsp3) is 0.429. The van der Waals surface area contributed by atoms with Crippen molar-refractivity contribution < 1.29 is 35.3 Å². The molecule has 1 aromatic heterocycles. The third-order valence-corrected chi connectivity index (χ3v) is 5.58. The smallest absolute Gasteiger partial charge is 0.444 e. The molecule has 174 valence electrons. The van der Waals surface area contributed by atoms with Gasteiger partial charge in [-0.05, 0) is 57.4 Å². The molecule has 0 atom stereocenters. The fourth-order valence-corrected chi connectivity index (χ4v) is 3.65. The van der Waals surface area contributed by atoms with E-state index in [-0.39, 0.29) is 5.39 Å². The molecule has 3 rings (SSSR count). The summed E-state index contributed by atoms with van der Waals surface area (Å²) >= 11 is 0. The van der Waals surface area contributed by atoms with Crippen LogP contribution in [0.2, 0.25) is 0 Å². The Labute approximate surface area is 183 Å². The Morgan fingerprint density at radius 3 is 2.41 bits per heavy atom. The van der Waals surface area contributed by atoms with Crippen LogP contribution in [0.1, 0.15) is 38.4 Å². The highest BCUT2D eigenvalue weighted by Crippen LogP contribution is 2.34. The summed E-state index contributed by atoms with van der Waals surface area (Å²) in [6.07, 6.45) is 1.88. The minimum absolute atomic E-state index is 0.136. The quantitative estimate of drug-likeness (QED) is 0.471. The van der Waals surface area contributed by atoms with E-state index in [0.29, 0.717) is 36.3 Å². The number of halogens is 3. The van der Waals surface area contributed by atoms with Gasteiger partial charge in [-0.3, -0.25) is 4.98 Å². The number of aryl methyl sites for hydroxylation is 1. The molecule has 0 bridgehead atoms. The number of ether oxygens (including phenoxy) is 1. The molecule has 32 heavy (non-hydrogen) atoms. The number of hydrogen-bond acceptors (Lipinski definition) is 6. The molecule has 0 radical (unpaired) electrons. The molecule has 0 saturated carbocycles. The monoisotopic (exact) mass is 472 g/mol. The van der Waals surface area contributed by atoms with Gasteiger partial charge in [0.25, 0.3) is 0 Å². The fourth-order valence-electron chi connectivity index (χ4n) is 3.18. The van der Waals surface area contributed by atoms with Gasteiger partial charge in [-0.25, -0.2) is 4.79 Å². The zero-order valence-corrected chi connectivity index (χ0v) is 18.8. The van der Waals surface area contributed by atoms with Gasteiger partial charge < -0.3 is 13.8 Å². The van der Waals surface area contributed by atoms with Gasteiger partial charge in [0.2, 0.25) is 0 Å². The Hall–Kier alpha value is -2.82. The van der Waals surface area contributed by atoms with Gasteiger partial charge >= 0.3 is 21.7 Å². The Balaban J connectivity index is 1.92. The summed E-state index contributed by atoms with van der Waals surface area (Å²) in [5, 5.41) is 0.136. The summed E-state index contributed by atoms with van der Waals surface area (Å²) in [4.78, 5) is 18.0. The van der Waals surface area contributed by atoms with Crippen molar-refractivity contribution in [3.8, 4) is 5.75 Å². The Morgan fingerprint density at radius 2 is 1.84 bits per heavy atom. The van der Waals surface area contributed by atoms with Crippen LogP contribution in [-0.2, 0) is 14.9 Å². The maximum absolute atomic E-state index is 12.8. The molecule has 0 spiro atoms. The maximum atomic E-state index is 12.8. The van der Waals surface area contributed by atoms with Crippen LogP contribution in [0.3, 0.4) is 0 Å². The molecule has 0 unspecified atom stereocenters. The zero-order chi connectivity index (χ0) is 23.9. The zero-order valence-electron chi connectivity index (χ0n) is 18.0. The number of aromatic nitrogens is 1. The van der Waals surface area contributed by atoms with Gasteiger partial charge in [0.1, 0.15) is 5.60 Å². The van der Waals surface area contributed by atoms with Crippen LogP contribution in [0.4, 0.5) is 18.0 Å². The highest BCUT2D eigenvalue weighted by molar-refractivity contribution is 7.88. The number of benzene rings is 1. The molecular formula is C21H23F3N2O5S. The van der Waals surface area contributed by atoms with Crippen molar-refractivity contribution >= 4 is 32.7 Å². The second kappa shape index (κ2) is 8.27. The standard InChI is InChI=1S/C21H23F3N2O5S/c1-13-11-18(31-32(28,29)21(22,23)24)16-12-15(5-6-17(16)25-13)14-7-9-26(10-8-14)19(27)30-20(2,3)4/h5-7,11-12H,8-10H2,1-4H3. The molecule has 1 aliphatic heterocycles. The van der Waals surface area contributed by atoms with Crippen molar-refractivity contribution in [2.75, 3.05) is 13.1 Å². The molecule has 0 N–H and O–H groups in total. The molecular weight excluding hydrogens is 449 g/mol. The normalized spacial score (nSPS) is 15.5. The number of alkyl halides is 3. The predicted octanol–water partition coefficient (Wildman–Crippen LogP) is 4.80. The third-order valence-electron chi connectivity index (χ3n) is 4.61. The summed E-state index contributed by atoms with van der Waals surface area (Å²) in [5.74, 6) is -0.446. The lowest BCUT2D eigenvalue weighted by Crippen LogP contribution is -2.39. The first kappa shape index (κ1) is 23.8. The number of carbonyl (C=O) groups is 1. The summed E-state index contributed by atoms with van der Waals surface area (Å²) in [7, 11) is -5.83. The summed E-state index contributed by atoms with van der Waals surface area (Å²) in [6, 6.07) is 6.02. The molecule has 0 saturated heterocycles. The van der Waals surface area contributed by atoms with Crippen molar-refractivity contribution in [3.63, 3.8) is 0 Å². The van der Waals surface area contributed by atoms with Crippen LogP contribution in [0.5, 0.6) is 5.75 Å². The van der Waals surface area contributed by atoms with Crippen molar-refractivity contribution in [2.24, 2.45) is 0 Å². The van der Waals surface area contributed by atoms with Crippen LogP contribution in [-0.4, -0.2) is 48.6 Å². The number of rotatable bonds is 3. The number of nitrogens with zero attached hydrogens (tertiary/aromatic N) is 2. The van der Waals surface area contributed by atoms with E-state index in [1.54, 1.807) is 37.8 Å². The average molecular weight is 472 g/mol. The van der Waals surface area contributed by atoms with E-state index in [1.807, 2.05) is 6.08 Å². The topological polar surface area (TPSA) is 85.8 Å². The van der Waals surface area contributed by atoms with Crippen LogP contribution < -0.4 is 4.18 Å². The summed E-state index contributed by atoms with van der Waals surface area (Å²) in [5.41, 5.74) is -4.03. The van der Waals surface area contributed by atoms with E-state index in [0.717, 1.165) is 11.6 Å². The van der Waals surface area contributed by atoms with Crippen LogP contribution >= 0.6 is 0 Å². The number of carbonyl (C=O) groups excluding carboxylic acids is 1. The first-order valence-electron chi connectivity index (χ1n) is 9.76. The molecule has 7 nitrogen and oxygen atoms in total. The molecule has 0 aliphatic carbocycles. The average Bonchev–Trinajstić information content (AvgIpc) is 2.65. The molecule has 11 heteroatoms. The summed E-state index contributed by atoms with van der Waals surface area (Å²) in [6.45, 7) is 7.56. The lowest BCUT2D eigenvalue weighted by atomic mass is 9.97. The van der Waals surface area contributed by atoms with Crippen molar-refractivity contribution in [3.05, 3.63) is 41.6 Å². The van der Waals surface area contributed by atoms with Gasteiger partial charge in [-0.15, -0.1) is 0 Å². The van der Waals surface area contributed by atoms with E-state index < -0.39 is 33.1 Å². The first-order valence-corrected chi connectivity index (χ1v) is 11.2. The van der Waals surface area contributed by atoms with Crippen molar-refractivity contribution in [1.29, 1.82) is 0 Å². The molecule has 2 aromatic rings. The second-order valence-corrected chi connectivity index (χ2v) is 9.92. The molecule has 1 aromatic carbocycles. The number of pyridine rings is 1. The molecule has 0 fully saturated rings. The van der Waals surface area contributed by atoms with E-state index in [9.17, 15) is 26.4 Å². The molecule has 1 amide bonds. The number of amides is 1. The van der Waals surface area contributed by atoms with Gasteiger partial charge in [-0.1, -0.05) is 12.1 Å². The molecule has 1 aliphatic rings. The molecule has 2 heterocycles. The predicted molar refractivity (Wildman–Crippen MR) is 112 cm³/mol. The van der Waals surface area contributed by atoms with E-state index in [2.05, 4.69) is 9.17 Å². The van der Waals surface area contributed by atoms with Crippen LogP contribution in [0.15, 0.2) is 30.3 Å². The van der Waals surface area contributed by atoms with Gasteiger partial charge in [-0.2, -0.15) is 21.6 Å². The highest BCUT2D eigenvalue weighted by Gasteiger charge is 2.48. The Bertz CT molecular complexity index is 1180. The second-order valence-electron chi connectivity index (χ2n) is 8.38.